The van der Waals surface area contributed by atoms with Crippen molar-refractivity contribution < 1.29 is 13.9 Å². The van der Waals surface area contributed by atoms with Crippen molar-refractivity contribution >= 4 is 5.97 Å². The highest BCUT2D eigenvalue weighted by Crippen LogP contribution is 2.45. The Kier molecular flexibility index (Phi) is 3.27. The Bertz CT molecular complexity index is 242. The molecule has 0 aromatic carbocycles. The van der Waals surface area contributed by atoms with Gasteiger partial charge in [0.2, 0.25) is 0 Å². The van der Waals surface area contributed by atoms with Crippen LogP contribution >= 0.6 is 0 Å². The topological polar surface area (TPSA) is 26.3 Å². The van der Waals surface area contributed by atoms with Crippen molar-refractivity contribution in [2.24, 2.45) is 17.8 Å². The van der Waals surface area contributed by atoms with Crippen molar-refractivity contribution in [1.29, 1.82) is 0 Å². The van der Waals surface area contributed by atoms with Crippen molar-refractivity contribution in [2.75, 3.05) is 7.11 Å². The van der Waals surface area contributed by atoms with E-state index in [1.165, 1.54) is 20.0 Å². The van der Waals surface area contributed by atoms with E-state index in [1.54, 1.807) is 0 Å². The fourth-order valence-corrected chi connectivity index (χ4v) is 3.36. The lowest BCUT2D eigenvalue weighted by Crippen LogP contribution is -2.40. The van der Waals surface area contributed by atoms with E-state index in [1.807, 2.05) is 0 Å². The highest BCUT2D eigenvalue weighted by atomic mass is 19.1. The molecule has 0 amide bonds. The molecule has 0 spiro atoms. The van der Waals surface area contributed by atoms with Crippen molar-refractivity contribution in [3.8, 4) is 0 Å². The van der Waals surface area contributed by atoms with E-state index in [2.05, 4.69) is 0 Å². The summed E-state index contributed by atoms with van der Waals surface area (Å²) in [4.78, 5) is 11.6. The van der Waals surface area contributed by atoms with Gasteiger partial charge in [-0.05, 0) is 31.1 Å². The van der Waals surface area contributed by atoms with E-state index in [9.17, 15) is 9.18 Å². The molecule has 4 atom stereocenters. The molecule has 2 fully saturated rings. The van der Waals surface area contributed by atoms with Crippen molar-refractivity contribution in [3.05, 3.63) is 0 Å². The van der Waals surface area contributed by atoms with Crippen LogP contribution in [0.4, 0.5) is 4.39 Å². The Labute approximate surface area is 90.2 Å². The zero-order valence-electron chi connectivity index (χ0n) is 9.25. The summed E-state index contributed by atoms with van der Waals surface area (Å²) < 4.78 is 18.3. The standard InChI is InChI=1S/C12H19FO2/c1-15-12(14)11-7-9(13)6-8-4-2-3-5-10(8)11/h8-11H,2-7H2,1H3. The van der Waals surface area contributed by atoms with Gasteiger partial charge in [0.1, 0.15) is 6.17 Å². The summed E-state index contributed by atoms with van der Waals surface area (Å²) in [6, 6.07) is 0. The minimum atomic E-state index is -0.798. The number of alkyl halides is 1. The molecule has 4 unspecified atom stereocenters. The molecule has 0 bridgehead atoms. The van der Waals surface area contributed by atoms with Gasteiger partial charge in [0.15, 0.2) is 0 Å². The van der Waals surface area contributed by atoms with Gasteiger partial charge >= 0.3 is 5.97 Å². The van der Waals surface area contributed by atoms with Gasteiger partial charge in [-0.1, -0.05) is 19.3 Å². The Morgan fingerprint density at radius 1 is 1.27 bits per heavy atom. The first kappa shape index (κ1) is 10.9. The summed E-state index contributed by atoms with van der Waals surface area (Å²) in [6.07, 6.45) is 4.81. The summed E-state index contributed by atoms with van der Waals surface area (Å²) in [5, 5.41) is 0. The quantitative estimate of drug-likeness (QED) is 0.627. The molecule has 15 heavy (non-hydrogen) atoms. The molecule has 2 rings (SSSR count). The molecule has 2 aliphatic carbocycles. The first-order chi connectivity index (χ1) is 7.22. The summed E-state index contributed by atoms with van der Waals surface area (Å²) in [7, 11) is 1.40. The summed E-state index contributed by atoms with van der Waals surface area (Å²) in [6.45, 7) is 0. The second kappa shape index (κ2) is 4.50. The van der Waals surface area contributed by atoms with Crippen LogP contribution in [-0.4, -0.2) is 19.3 Å². The number of hydrogen-bond acceptors (Lipinski definition) is 2. The zero-order chi connectivity index (χ0) is 10.8. The van der Waals surface area contributed by atoms with E-state index < -0.39 is 6.17 Å². The van der Waals surface area contributed by atoms with E-state index in [-0.39, 0.29) is 11.9 Å². The largest absolute Gasteiger partial charge is 0.469 e. The lowest BCUT2D eigenvalue weighted by molar-refractivity contribution is -0.152. The first-order valence-corrected chi connectivity index (χ1v) is 5.94. The maximum atomic E-state index is 13.5. The van der Waals surface area contributed by atoms with Crippen LogP contribution in [-0.2, 0) is 9.53 Å². The van der Waals surface area contributed by atoms with E-state index in [0.29, 0.717) is 24.7 Å². The maximum Gasteiger partial charge on any atom is 0.309 e. The molecular weight excluding hydrogens is 195 g/mol. The van der Waals surface area contributed by atoms with Crippen LogP contribution < -0.4 is 0 Å². The number of hydrogen-bond donors (Lipinski definition) is 0. The van der Waals surface area contributed by atoms with Gasteiger partial charge < -0.3 is 4.74 Å². The number of rotatable bonds is 1. The first-order valence-electron chi connectivity index (χ1n) is 5.94. The average molecular weight is 214 g/mol. The van der Waals surface area contributed by atoms with Gasteiger partial charge in [-0.3, -0.25) is 4.79 Å². The summed E-state index contributed by atoms with van der Waals surface area (Å²) >= 11 is 0. The highest BCUT2D eigenvalue weighted by Gasteiger charge is 2.42. The number of ether oxygens (including phenoxy) is 1. The van der Waals surface area contributed by atoms with Crippen molar-refractivity contribution in [1.82, 2.24) is 0 Å². The van der Waals surface area contributed by atoms with Crippen LogP contribution in [0.1, 0.15) is 38.5 Å². The van der Waals surface area contributed by atoms with Crippen LogP contribution in [0.2, 0.25) is 0 Å². The number of fused-ring (bicyclic) bond motifs is 1. The molecule has 0 aromatic heterocycles. The SMILES string of the molecule is COC(=O)C1CC(F)CC2CCCCC21. The van der Waals surface area contributed by atoms with Crippen LogP contribution in [0, 0.1) is 17.8 Å². The van der Waals surface area contributed by atoms with Gasteiger partial charge in [-0.25, -0.2) is 4.39 Å². The van der Waals surface area contributed by atoms with Gasteiger partial charge in [0.05, 0.1) is 13.0 Å². The lowest BCUT2D eigenvalue weighted by atomic mass is 9.65. The number of halogens is 1. The van der Waals surface area contributed by atoms with Gasteiger partial charge in [-0.2, -0.15) is 0 Å². The van der Waals surface area contributed by atoms with Gasteiger partial charge in [-0.15, -0.1) is 0 Å². The number of esters is 1. The Morgan fingerprint density at radius 2 is 2.00 bits per heavy atom. The monoisotopic (exact) mass is 214 g/mol. The third-order valence-corrected chi connectivity index (χ3v) is 4.06. The normalized spacial score (nSPS) is 40.7. The second-order valence-electron chi connectivity index (χ2n) is 4.91. The van der Waals surface area contributed by atoms with Crippen LogP contribution in [0.25, 0.3) is 0 Å². The van der Waals surface area contributed by atoms with Crippen molar-refractivity contribution in [3.63, 3.8) is 0 Å². The van der Waals surface area contributed by atoms with Crippen molar-refractivity contribution in [2.45, 2.75) is 44.7 Å². The number of methoxy groups -OCH3 is 1. The fourth-order valence-electron chi connectivity index (χ4n) is 3.36. The molecule has 2 aliphatic rings. The fraction of sp³-hybridized carbons (Fsp3) is 0.917. The predicted molar refractivity (Wildman–Crippen MR) is 55.1 cm³/mol. The van der Waals surface area contributed by atoms with E-state index >= 15 is 0 Å². The van der Waals surface area contributed by atoms with E-state index in [4.69, 9.17) is 4.74 Å². The Hall–Kier alpha value is -0.600. The second-order valence-corrected chi connectivity index (χ2v) is 4.91. The van der Waals surface area contributed by atoms with Crippen LogP contribution in [0.15, 0.2) is 0 Å². The van der Waals surface area contributed by atoms with Crippen LogP contribution in [0.3, 0.4) is 0 Å². The zero-order valence-corrected chi connectivity index (χ0v) is 9.25. The highest BCUT2D eigenvalue weighted by molar-refractivity contribution is 5.72. The molecule has 0 saturated heterocycles. The molecule has 86 valence electrons. The van der Waals surface area contributed by atoms with Gasteiger partial charge in [0, 0.05) is 0 Å². The molecule has 0 N–H and O–H groups in total. The molecule has 3 heteroatoms. The smallest absolute Gasteiger partial charge is 0.309 e. The number of carbonyl (C=O) groups is 1. The molecular formula is C12H19FO2. The minimum absolute atomic E-state index is 0.177. The molecule has 2 nitrogen and oxygen atoms in total. The molecule has 0 heterocycles. The Morgan fingerprint density at radius 3 is 2.73 bits per heavy atom. The number of carbonyl (C=O) groups excluding carboxylic acids is 1. The third-order valence-electron chi connectivity index (χ3n) is 4.06. The maximum absolute atomic E-state index is 13.5. The van der Waals surface area contributed by atoms with E-state index in [0.717, 1.165) is 12.8 Å². The molecule has 0 radical (unpaired) electrons. The predicted octanol–water partition coefficient (Wildman–Crippen LogP) is 2.71. The summed E-state index contributed by atoms with van der Waals surface area (Å²) in [5.74, 6) is 0.433. The average Bonchev–Trinajstić information content (AvgIpc) is 2.26. The van der Waals surface area contributed by atoms with Crippen LogP contribution in [0.5, 0.6) is 0 Å². The third kappa shape index (κ3) is 2.16. The molecule has 0 aromatic rings. The molecule has 2 saturated carbocycles. The Balaban J connectivity index is 2.09. The summed E-state index contributed by atoms with van der Waals surface area (Å²) in [5.41, 5.74) is 0. The lowest BCUT2D eigenvalue weighted by Gasteiger charge is -2.41. The van der Waals surface area contributed by atoms with Gasteiger partial charge in [0.25, 0.3) is 0 Å². The minimum Gasteiger partial charge on any atom is -0.469 e. The molecule has 0 aliphatic heterocycles.